The van der Waals surface area contributed by atoms with E-state index in [2.05, 4.69) is 15.8 Å². The van der Waals surface area contributed by atoms with Crippen LogP contribution in [0.15, 0.2) is 53.6 Å². The Morgan fingerprint density at radius 3 is 2.39 bits per heavy atom. The molecule has 0 spiro atoms. The van der Waals surface area contributed by atoms with E-state index in [4.69, 9.17) is 22.1 Å². The lowest BCUT2D eigenvalue weighted by atomic mass is 10.2. The molecular formula is C16H10ClN5O. The molecule has 0 saturated carbocycles. The average molecular weight is 324 g/mol. The van der Waals surface area contributed by atoms with Crippen molar-refractivity contribution in [2.45, 2.75) is 0 Å². The van der Waals surface area contributed by atoms with Crippen molar-refractivity contribution in [3.63, 3.8) is 0 Å². The molecule has 0 aliphatic carbocycles. The van der Waals surface area contributed by atoms with Crippen molar-refractivity contribution < 1.29 is 4.79 Å². The average Bonchev–Trinajstić information content (AvgIpc) is 2.58. The molecule has 2 N–H and O–H groups in total. The lowest BCUT2D eigenvalue weighted by Gasteiger charge is -2.07. The van der Waals surface area contributed by atoms with Gasteiger partial charge in [0.1, 0.15) is 12.1 Å². The number of hydrogen-bond donors (Lipinski definition) is 2. The fourth-order valence-electron chi connectivity index (χ4n) is 1.66. The number of halogens is 1. The molecule has 0 heterocycles. The Balaban J connectivity index is 2.11. The minimum atomic E-state index is -0.305. The van der Waals surface area contributed by atoms with E-state index in [9.17, 15) is 4.79 Å². The summed E-state index contributed by atoms with van der Waals surface area (Å²) < 4.78 is 0. The van der Waals surface area contributed by atoms with Gasteiger partial charge in [-0.3, -0.25) is 10.2 Å². The summed E-state index contributed by atoms with van der Waals surface area (Å²) in [6.45, 7) is 0. The molecule has 0 aliphatic heterocycles. The van der Waals surface area contributed by atoms with E-state index >= 15 is 0 Å². The van der Waals surface area contributed by atoms with Gasteiger partial charge >= 0.3 is 0 Å². The van der Waals surface area contributed by atoms with E-state index in [0.717, 1.165) is 0 Å². The van der Waals surface area contributed by atoms with Gasteiger partial charge in [0.2, 0.25) is 5.71 Å². The molecule has 0 unspecified atom stereocenters. The maximum Gasteiger partial charge on any atom is 0.255 e. The first-order valence-corrected chi connectivity index (χ1v) is 6.81. The highest BCUT2D eigenvalue weighted by molar-refractivity contribution is 6.30. The zero-order chi connectivity index (χ0) is 16.7. The van der Waals surface area contributed by atoms with Crippen LogP contribution in [-0.4, -0.2) is 11.6 Å². The molecule has 0 fully saturated rings. The van der Waals surface area contributed by atoms with Crippen LogP contribution in [0.3, 0.4) is 0 Å². The van der Waals surface area contributed by atoms with E-state index in [1.807, 2.05) is 0 Å². The third-order valence-electron chi connectivity index (χ3n) is 2.74. The fraction of sp³-hybridized carbons (Fsp3) is 0. The number of carbonyl (C=O) groups excluding carboxylic acids is 1. The molecule has 2 aromatic carbocycles. The first kappa shape index (κ1) is 16.0. The number of amides is 1. The quantitative estimate of drug-likeness (QED) is 0.665. The van der Waals surface area contributed by atoms with Gasteiger partial charge in [-0.15, -0.1) is 0 Å². The van der Waals surface area contributed by atoms with Gasteiger partial charge in [0.15, 0.2) is 0 Å². The molecule has 2 rings (SSSR count). The number of hydrogen-bond acceptors (Lipinski definition) is 5. The number of nitrogens with one attached hydrogen (secondary N) is 2. The molecule has 0 saturated heterocycles. The van der Waals surface area contributed by atoms with Gasteiger partial charge in [0, 0.05) is 16.3 Å². The summed E-state index contributed by atoms with van der Waals surface area (Å²) in [6, 6.07) is 16.5. The van der Waals surface area contributed by atoms with Crippen molar-refractivity contribution in [3.05, 3.63) is 59.1 Å². The van der Waals surface area contributed by atoms with Crippen LogP contribution in [0, 0.1) is 22.7 Å². The number of hydrazone groups is 1. The first-order chi connectivity index (χ1) is 11.1. The number of nitriles is 2. The third kappa shape index (κ3) is 4.57. The van der Waals surface area contributed by atoms with Crippen LogP contribution >= 0.6 is 11.6 Å². The highest BCUT2D eigenvalue weighted by atomic mass is 35.5. The molecule has 112 valence electrons. The Labute approximate surface area is 137 Å². The molecular weight excluding hydrogens is 314 g/mol. The molecule has 0 aromatic heterocycles. The van der Waals surface area contributed by atoms with E-state index in [1.54, 1.807) is 60.7 Å². The summed E-state index contributed by atoms with van der Waals surface area (Å²) >= 11 is 5.79. The lowest BCUT2D eigenvalue weighted by molar-refractivity contribution is 0.102. The summed E-state index contributed by atoms with van der Waals surface area (Å²) in [5.74, 6) is -0.305. The molecule has 0 aliphatic rings. The Morgan fingerprint density at radius 2 is 1.74 bits per heavy atom. The van der Waals surface area contributed by atoms with E-state index in [1.165, 1.54) is 0 Å². The summed E-state index contributed by atoms with van der Waals surface area (Å²) in [5, 5.41) is 24.2. The summed E-state index contributed by atoms with van der Waals surface area (Å²) in [7, 11) is 0. The highest BCUT2D eigenvalue weighted by Crippen LogP contribution is 2.16. The second-order valence-corrected chi connectivity index (χ2v) is 4.77. The summed E-state index contributed by atoms with van der Waals surface area (Å²) in [6.07, 6.45) is 0. The molecule has 0 atom stereocenters. The second kappa shape index (κ2) is 7.60. The Morgan fingerprint density at radius 1 is 1.04 bits per heavy atom. The Kier molecular flexibility index (Phi) is 5.30. The highest BCUT2D eigenvalue weighted by Gasteiger charge is 2.07. The monoisotopic (exact) mass is 323 g/mol. The smallest absolute Gasteiger partial charge is 0.255 e. The van der Waals surface area contributed by atoms with Crippen LogP contribution in [0.5, 0.6) is 0 Å². The van der Waals surface area contributed by atoms with Gasteiger partial charge in [0.05, 0.1) is 5.69 Å². The van der Waals surface area contributed by atoms with Crippen LogP contribution in [0.4, 0.5) is 11.4 Å². The summed E-state index contributed by atoms with van der Waals surface area (Å²) in [5.41, 5.74) is 3.75. The lowest BCUT2D eigenvalue weighted by Crippen LogP contribution is -2.12. The molecule has 6 nitrogen and oxygen atoms in total. The SMILES string of the molecule is N#CC(C#N)=NNc1cccc(C(=O)Nc2ccc(Cl)cc2)c1. The van der Waals surface area contributed by atoms with E-state index in [0.29, 0.717) is 22.0 Å². The number of rotatable bonds is 4. The van der Waals surface area contributed by atoms with Gasteiger partial charge in [0.25, 0.3) is 5.91 Å². The predicted octanol–water partition coefficient (Wildman–Crippen LogP) is 3.41. The number of anilines is 2. The molecule has 0 radical (unpaired) electrons. The van der Waals surface area contributed by atoms with Gasteiger partial charge < -0.3 is 5.32 Å². The van der Waals surface area contributed by atoms with Gasteiger partial charge in [-0.2, -0.15) is 15.6 Å². The van der Waals surface area contributed by atoms with Crippen LogP contribution < -0.4 is 10.7 Å². The molecule has 2 aromatic rings. The van der Waals surface area contributed by atoms with Crippen LogP contribution in [0.1, 0.15) is 10.4 Å². The fourth-order valence-corrected chi connectivity index (χ4v) is 1.79. The van der Waals surface area contributed by atoms with Crippen molar-refractivity contribution in [1.29, 1.82) is 10.5 Å². The van der Waals surface area contributed by atoms with Gasteiger partial charge in [-0.1, -0.05) is 17.7 Å². The Bertz CT molecular complexity index is 815. The minimum absolute atomic E-state index is 0.305. The second-order valence-electron chi connectivity index (χ2n) is 4.34. The molecule has 1 amide bonds. The largest absolute Gasteiger partial charge is 0.322 e. The third-order valence-corrected chi connectivity index (χ3v) is 2.99. The first-order valence-electron chi connectivity index (χ1n) is 6.43. The zero-order valence-corrected chi connectivity index (χ0v) is 12.5. The standard InChI is InChI=1S/C16H10ClN5O/c17-12-4-6-13(7-5-12)20-16(23)11-2-1-3-14(8-11)21-22-15(9-18)10-19/h1-8,21H,(H,20,23). The zero-order valence-electron chi connectivity index (χ0n) is 11.7. The van der Waals surface area contributed by atoms with Crippen LogP contribution in [0.25, 0.3) is 0 Å². The summed E-state index contributed by atoms with van der Waals surface area (Å²) in [4.78, 5) is 12.2. The van der Waals surface area contributed by atoms with Crippen molar-refractivity contribution in [2.24, 2.45) is 5.10 Å². The van der Waals surface area contributed by atoms with Gasteiger partial charge in [-0.05, 0) is 42.5 Å². The number of carbonyl (C=O) groups is 1. The predicted molar refractivity (Wildman–Crippen MR) is 88.1 cm³/mol. The van der Waals surface area contributed by atoms with Crippen molar-refractivity contribution in [3.8, 4) is 12.1 Å². The van der Waals surface area contributed by atoms with E-state index in [-0.39, 0.29) is 11.6 Å². The molecule has 23 heavy (non-hydrogen) atoms. The normalized spacial score (nSPS) is 9.17. The van der Waals surface area contributed by atoms with Crippen molar-refractivity contribution in [1.82, 2.24) is 0 Å². The van der Waals surface area contributed by atoms with Crippen LogP contribution in [-0.2, 0) is 0 Å². The number of nitrogens with zero attached hydrogens (tertiary/aromatic N) is 3. The van der Waals surface area contributed by atoms with Crippen LogP contribution in [0.2, 0.25) is 5.02 Å². The molecule has 0 bridgehead atoms. The minimum Gasteiger partial charge on any atom is -0.322 e. The van der Waals surface area contributed by atoms with Crippen molar-refractivity contribution in [2.75, 3.05) is 10.7 Å². The molecule has 7 heteroatoms. The topological polar surface area (TPSA) is 101 Å². The van der Waals surface area contributed by atoms with Gasteiger partial charge in [-0.25, -0.2) is 0 Å². The van der Waals surface area contributed by atoms with Crippen molar-refractivity contribution >= 4 is 34.6 Å². The number of benzene rings is 2. The Hall–Kier alpha value is -3.35. The maximum atomic E-state index is 12.2. The maximum absolute atomic E-state index is 12.2. The van der Waals surface area contributed by atoms with E-state index < -0.39 is 0 Å².